The van der Waals surface area contributed by atoms with Crippen LogP contribution < -0.4 is 0 Å². The van der Waals surface area contributed by atoms with Crippen LogP contribution in [0.25, 0.3) is 10.7 Å². The maximum absolute atomic E-state index is 13.1. The van der Waals surface area contributed by atoms with E-state index in [2.05, 4.69) is 19.9 Å². The van der Waals surface area contributed by atoms with Crippen molar-refractivity contribution in [3.8, 4) is 10.7 Å². The Morgan fingerprint density at radius 1 is 0.897 bits per heavy atom. The van der Waals surface area contributed by atoms with Gasteiger partial charge in [-0.3, -0.25) is 19.7 Å². The first-order chi connectivity index (χ1) is 14.3. The van der Waals surface area contributed by atoms with E-state index in [-0.39, 0.29) is 12.3 Å². The molecule has 0 atom stereocenters. The zero-order valence-corrected chi connectivity index (χ0v) is 16.5. The molecule has 144 valence electrons. The van der Waals surface area contributed by atoms with Gasteiger partial charge in [0.25, 0.3) is 0 Å². The number of thiazole rings is 1. The number of rotatable bonds is 7. The van der Waals surface area contributed by atoms with E-state index in [0.29, 0.717) is 13.1 Å². The second-order valence-electron chi connectivity index (χ2n) is 6.50. The molecule has 7 heteroatoms. The number of carbonyl (C=O) groups is 1. The van der Waals surface area contributed by atoms with Crippen LogP contribution in [0.2, 0.25) is 0 Å². The van der Waals surface area contributed by atoms with Gasteiger partial charge < -0.3 is 4.90 Å². The lowest BCUT2D eigenvalue weighted by molar-refractivity contribution is -0.131. The lowest BCUT2D eigenvalue weighted by Crippen LogP contribution is -2.31. The van der Waals surface area contributed by atoms with Gasteiger partial charge in [-0.25, -0.2) is 4.98 Å². The molecule has 0 unspecified atom stereocenters. The monoisotopic (exact) mass is 401 g/mol. The van der Waals surface area contributed by atoms with Gasteiger partial charge in [-0.05, 0) is 41.5 Å². The van der Waals surface area contributed by atoms with Crippen molar-refractivity contribution >= 4 is 17.2 Å². The molecule has 0 spiro atoms. The van der Waals surface area contributed by atoms with Crippen LogP contribution in [0.1, 0.15) is 16.8 Å². The summed E-state index contributed by atoms with van der Waals surface area (Å²) in [4.78, 5) is 32.1. The molecule has 6 nitrogen and oxygen atoms in total. The topological polar surface area (TPSA) is 71.9 Å². The smallest absolute Gasteiger partial charge is 0.229 e. The molecule has 0 aromatic carbocycles. The highest BCUT2D eigenvalue weighted by molar-refractivity contribution is 7.13. The van der Waals surface area contributed by atoms with E-state index >= 15 is 0 Å². The van der Waals surface area contributed by atoms with E-state index in [0.717, 1.165) is 27.5 Å². The maximum Gasteiger partial charge on any atom is 0.229 e. The van der Waals surface area contributed by atoms with Gasteiger partial charge in [-0.15, -0.1) is 11.3 Å². The minimum atomic E-state index is 0.0172. The second-order valence-corrected chi connectivity index (χ2v) is 7.36. The molecule has 0 radical (unpaired) electrons. The van der Waals surface area contributed by atoms with Gasteiger partial charge in [0.2, 0.25) is 5.91 Å². The second kappa shape index (κ2) is 9.16. The van der Waals surface area contributed by atoms with Gasteiger partial charge in [0.05, 0.1) is 17.8 Å². The van der Waals surface area contributed by atoms with Crippen LogP contribution in [0.15, 0.2) is 78.8 Å². The van der Waals surface area contributed by atoms with Crippen molar-refractivity contribution in [1.29, 1.82) is 0 Å². The molecule has 0 N–H and O–H groups in total. The predicted molar refractivity (Wildman–Crippen MR) is 112 cm³/mol. The average molecular weight is 401 g/mol. The van der Waals surface area contributed by atoms with Gasteiger partial charge in [-0.2, -0.15) is 0 Å². The van der Waals surface area contributed by atoms with Crippen molar-refractivity contribution in [3.05, 3.63) is 95.6 Å². The molecule has 4 aromatic rings. The third kappa shape index (κ3) is 5.08. The van der Waals surface area contributed by atoms with Crippen molar-refractivity contribution < 1.29 is 4.79 Å². The molecule has 1 amide bonds. The van der Waals surface area contributed by atoms with Crippen LogP contribution in [-0.2, 0) is 24.3 Å². The fourth-order valence-corrected chi connectivity index (χ4v) is 3.71. The van der Waals surface area contributed by atoms with E-state index in [9.17, 15) is 4.79 Å². The molecule has 0 fully saturated rings. The zero-order valence-electron chi connectivity index (χ0n) is 15.7. The van der Waals surface area contributed by atoms with Crippen molar-refractivity contribution in [2.24, 2.45) is 0 Å². The quantitative estimate of drug-likeness (QED) is 0.471. The standard InChI is InChI=1S/C22H19N5OS/c28-21(12-19-16-29-22(26-19)20-5-1-2-9-25-20)27(14-17-6-10-23-11-7-17)15-18-4-3-8-24-13-18/h1-11,13,16H,12,14-15H2. The number of hydrogen-bond acceptors (Lipinski definition) is 6. The van der Waals surface area contributed by atoms with Gasteiger partial charge in [0, 0.05) is 49.5 Å². The molecule has 0 aliphatic heterocycles. The minimum Gasteiger partial charge on any atom is -0.334 e. The number of hydrogen-bond donors (Lipinski definition) is 0. The summed E-state index contributed by atoms with van der Waals surface area (Å²) in [5, 5.41) is 2.75. The summed E-state index contributed by atoms with van der Waals surface area (Å²) in [6, 6.07) is 13.4. The molecule has 4 heterocycles. The van der Waals surface area contributed by atoms with E-state index in [1.54, 1.807) is 31.0 Å². The van der Waals surface area contributed by atoms with Crippen LogP contribution in [0, 0.1) is 0 Å². The largest absolute Gasteiger partial charge is 0.334 e. The van der Waals surface area contributed by atoms with Crippen molar-refractivity contribution in [2.75, 3.05) is 0 Å². The molecular weight excluding hydrogens is 382 g/mol. The fraction of sp³-hybridized carbons (Fsp3) is 0.136. The van der Waals surface area contributed by atoms with E-state index in [1.807, 2.05) is 52.7 Å². The Balaban J connectivity index is 1.51. The number of pyridine rings is 3. The van der Waals surface area contributed by atoms with Gasteiger partial charge in [-0.1, -0.05) is 12.1 Å². The Morgan fingerprint density at radius 3 is 2.52 bits per heavy atom. The highest BCUT2D eigenvalue weighted by Crippen LogP contribution is 2.22. The average Bonchev–Trinajstić information content (AvgIpc) is 3.24. The van der Waals surface area contributed by atoms with Crippen LogP contribution >= 0.6 is 11.3 Å². The Kier molecular flexibility index (Phi) is 5.97. The number of aromatic nitrogens is 4. The Bertz CT molecular complexity index is 1010. The highest BCUT2D eigenvalue weighted by atomic mass is 32.1. The molecule has 4 rings (SSSR count). The zero-order chi connectivity index (χ0) is 19.9. The van der Waals surface area contributed by atoms with Crippen molar-refractivity contribution in [1.82, 2.24) is 24.8 Å². The van der Waals surface area contributed by atoms with E-state index in [4.69, 9.17) is 0 Å². The van der Waals surface area contributed by atoms with E-state index < -0.39 is 0 Å². The summed E-state index contributed by atoms with van der Waals surface area (Å²) in [5.74, 6) is 0.0172. The lowest BCUT2D eigenvalue weighted by atomic mass is 10.2. The summed E-state index contributed by atoms with van der Waals surface area (Å²) in [6.45, 7) is 1.000. The van der Waals surface area contributed by atoms with Gasteiger partial charge >= 0.3 is 0 Å². The number of carbonyl (C=O) groups excluding carboxylic acids is 1. The highest BCUT2D eigenvalue weighted by Gasteiger charge is 2.17. The van der Waals surface area contributed by atoms with Gasteiger partial charge in [0.1, 0.15) is 5.01 Å². The Hall–Kier alpha value is -3.45. The van der Waals surface area contributed by atoms with Crippen LogP contribution in [0.3, 0.4) is 0 Å². The van der Waals surface area contributed by atoms with Gasteiger partial charge in [0.15, 0.2) is 0 Å². The van der Waals surface area contributed by atoms with Crippen molar-refractivity contribution in [2.45, 2.75) is 19.5 Å². The molecular formula is C22H19N5OS. The summed E-state index contributed by atoms with van der Waals surface area (Å²) in [6.07, 6.45) is 8.98. The molecule has 0 bridgehead atoms. The lowest BCUT2D eigenvalue weighted by Gasteiger charge is -2.22. The predicted octanol–water partition coefficient (Wildman–Crippen LogP) is 3.77. The first kappa shape index (κ1) is 18.9. The SMILES string of the molecule is O=C(Cc1csc(-c2ccccn2)n1)N(Cc1ccncc1)Cc1cccnc1. The first-order valence-corrected chi connectivity index (χ1v) is 10.1. The molecule has 0 aliphatic rings. The Morgan fingerprint density at radius 2 is 1.76 bits per heavy atom. The molecule has 0 saturated carbocycles. The molecule has 4 aromatic heterocycles. The third-order valence-electron chi connectivity index (χ3n) is 4.34. The summed E-state index contributed by atoms with van der Waals surface area (Å²) in [7, 11) is 0. The van der Waals surface area contributed by atoms with E-state index in [1.165, 1.54) is 11.3 Å². The number of amides is 1. The summed E-state index contributed by atoms with van der Waals surface area (Å²) in [5.41, 5.74) is 3.60. The maximum atomic E-state index is 13.1. The third-order valence-corrected chi connectivity index (χ3v) is 5.25. The molecule has 29 heavy (non-hydrogen) atoms. The molecule has 0 aliphatic carbocycles. The van der Waals surface area contributed by atoms with Crippen LogP contribution in [-0.4, -0.2) is 30.7 Å². The minimum absolute atomic E-state index is 0.0172. The fourth-order valence-electron chi connectivity index (χ4n) is 2.91. The van der Waals surface area contributed by atoms with Crippen molar-refractivity contribution in [3.63, 3.8) is 0 Å². The van der Waals surface area contributed by atoms with Crippen LogP contribution in [0.4, 0.5) is 0 Å². The van der Waals surface area contributed by atoms with Crippen LogP contribution in [0.5, 0.6) is 0 Å². The molecule has 0 saturated heterocycles. The number of nitrogens with zero attached hydrogens (tertiary/aromatic N) is 5. The normalized spacial score (nSPS) is 10.6. The first-order valence-electron chi connectivity index (χ1n) is 9.19. The Labute approximate surface area is 173 Å². The summed E-state index contributed by atoms with van der Waals surface area (Å²) < 4.78 is 0. The summed E-state index contributed by atoms with van der Waals surface area (Å²) >= 11 is 1.50.